The lowest BCUT2D eigenvalue weighted by Gasteiger charge is -2.08. The van der Waals surface area contributed by atoms with E-state index in [0.29, 0.717) is 23.1 Å². The summed E-state index contributed by atoms with van der Waals surface area (Å²) in [6.07, 6.45) is 2.71. The van der Waals surface area contributed by atoms with Crippen molar-refractivity contribution in [3.8, 4) is 11.5 Å². The zero-order valence-electron chi connectivity index (χ0n) is 10.5. The molecule has 1 aromatic carbocycles. The van der Waals surface area contributed by atoms with Crippen LogP contribution in [0.1, 0.15) is 10.4 Å². The SMILES string of the molecule is O=C(O)c1cncc(OCCOc2cccc(Cl)c2)c1. The molecule has 6 heteroatoms. The molecule has 2 rings (SSSR count). The molecule has 104 valence electrons. The molecule has 1 heterocycles. The van der Waals surface area contributed by atoms with Crippen LogP contribution >= 0.6 is 11.6 Å². The molecule has 0 fully saturated rings. The minimum atomic E-state index is -1.04. The number of halogens is 1. The van der Waals surface area contributed by atoms with Crippen molar-refractivity contribution in [1.29, 1.82) is 0 Å². The van der Waals surface area contributed by atoms with Crippen molar-refractivity contribution in [2.45, 2.75) is 0 Å². The lowest BCUT2D eigenvalue weighted by atomic mass is 10.3. The second-order valence-electron chi connectivity index (χ2n) is 3.87. The molecule has 0 radical (unpaired) electrons. The van der Waals surface area contributed by atoms with E-state index in [9.17, 15) is 4.79 Å². The van der Waals surface area contributed by atoms with Crippen LogP contribution in [0.25, 0.3) is 0 Å². The zero-order valence-corrected chi connectivity index (χ0v) is 11.2. The Kier molecular flexibility index (Phi) is 4.79. The number of ether oxygens (including phenoxy) is 2. The number of hydrogen-bond acceptors (Lipinski definition) is 4. The maximum atomic E-state index is 10.8. The highest BCUT2D eigenvalue weighted by Crippen LogP contribution is 2.17. The fourth-order valence-electron chi connectivity index (χ4n) is 1.49. The predicted octanol–water partition coefficient (Wildman–Crippen LogP) is 2.89. The van der Waals surface area contributed by atoms with Crippen LogP contribution in [0.5, 0.6) is 11.5 Å². The summed E-state index contributed by atoms with van der Waals surface area (Å²) in [5.74, 6) is -0.00349. The van der Waals surface area contributed by atoms with Crippen molar-refractivity contribution < 1.29 is 19.4 Å². The van der Waals surface area contributed by atoms with Crippen molar-refractivity contribution in [3.63, 3.8) is 0 Å². The number of carboxylic acid groups (broad SMARTS) is 1. The number of hydrogen-bond donors (Lipinski definition) is 1. The fraction of sp³-hybridized carbons (Fsp3) is 0.143. The Balaban J connectivity index is 1.81. The van der Waals surface area contributed by atoms with Gasteiger partial charge in [0, 0.05) is 11.2 Å². The lowest BCUT2D eigenvalue weighted by Crippen LogP contribution is -2.09. The molecule has 2 aromatic rings. The predicted molar refractivity (Wildman–Crippen MR) is 73.6 cm³/mol. The molecule has 0 saturated carbocycles. The van der Waals surface area contributed by atoms with Gasteiger partial charge in [0.1, 0.15) is 24.7 Å². The number of aromatic carboxylic acids is 1. The van der Waals surface area contributed by atoms with Gasteiger partial charge >= 0.3 is 5.97 Å². The molecule has 0 aliphatic heterocycles. The highest BCUT2D eigenvalue weighted by atomic mass is 35.5. The van der Waals surface area contributed by atoms with E-state index < -0.39 is 5.97 Å². The van der Waals surface area contributed by atoms with Crippen molar-refractivity contribution >= 4 is 17.6 Å². The highest BCUT2D eigenvalue weighted by molar-refractivity contribution is 6.30. The largest absolute Gasteiger partial charge is 0.490 e. The summed E-state index contributed by atoms with van der Waals surface area (Å²) in [5.41, 5.74) is 0.0817. The van der Waals surface area contributed by atoms with Crippen LogP contribution in [-0.4, -0.2) is 29.3 Å². The smallest absolute Gasteiger partial charge is 0.337 e. The molecule has 0 saturated heterocycles. The quantitative estimate of drug-likeness (QED) is 0.829. The number of rotatable bonds is 6. The third-order valence-electron chi connectivity index (χ3n) is 2.38. The molecule has 1 aromatic heterocycles. The van der Waals surface area contributed by atoms with E-state index in [2.05, 4.69) is 4.98 Å². The molecule has 20 heavy (non-hydrogen) atoms. The first-order valence-corrected chi connectivity index (χ1v) is 6.22. The van der Waals surface area contributed by atoms with E-state index in [-0.39, 0.29) is 12.2 Å². The molecule has 0 unspecified atom stereocenters. The summed E-state index contributed by atoms with van der Waals surface area (Å²) in [6.45, 7) is 0.592. The third kappa shape index (κ3) is 4.13. The average Bonchev–Trinajstić information content (AvgIpc) is 2.44. The minimum absolute atomic E-state index is 0.0817. The number of benzene rings is 1. The van der Waals surface area contributed by atoms with Crippen molar-refractivity contribution in [3.05, 3.63) is 53.3 Å². The first kappa shape index (κ1) is 14.1. The van der Waals surface area contributed by atoms with Gasteiger partial charge in [0.2, 0.25) is 0 Å². The van der Waals surface area contributed by atoms with Crippen molar-refractivity contribution in [2.75, 3.05) is 13.2 Å². The van der Waals surface area contributed by atoms with Crippen LogP contribution in [0.3, 0.4) is 0 Å². The Bertz CT molecular complexity index is 603. The van der Waals surface area contributed by atoms with Gasteiger partial charge in [-0.05, 0) is 24.3 Å². The first-order valence-electron chi connectivity index (χ1n) is 5.84. The highest BCUT2D eigenvalue weighted by Gasteiger charge is 2.04. The Labute approximate surface area is 120 Å². The van der Waals surface area contributed by atoms with Crippen LogP contribution in [0.2, 0.25) is 5.02 Å². The molecule has 5 nitrogen and oxygen atoms in total. The van der Waals surface area contributed by atoms with Gasteiger partial charge in [-0.2, -0.15) is 0 Å². The van der Waals surface area contributed by atoms with Gasteiger partial charge in [-0.15, -0.1) is 0 Å². The van der Waals surface area contributed by atoms with E-state index in [0.717, 1.165) is 0 Å². The van der Waals surface area contributed by atoms with E-state index >= 15 is 0 Å². The lowest BCUT2D eigenvalue weighted by molar-refractivity contribution is 0.0696. The van der Waals surface area contributed by atoms with Gasteiger partial charge in [0.05, 0.1) is 11.8 Å². The number of pyridine rings is 1. The van der Waals surface area contributed by atoms with Gasteiger partial charge in [-0.25, -0.2) is 4.79 Å². The number of nitrogens with zero attached hydrogens (tertiary/aromatic N) is 1. The minimum Gasteiger partial charge on any atom is -0.490 e. The molecule has 0 amide bonds. The molecular weight excluding hydrogens is 282 g/mol. The molecule has 0 bridgehead atoms. The molecule has 0 aliphatic rings. The fourth-order valence-corrected chi connectivity index (χ4v) is 1.67. The van der Waals surface area contributed by atoms with E-state index in [1.165, 1.54) is 18.5 Å². The second kappa shape index (κ2) is 6.77. The van der Waals surface area contributed by atoms with E-state index in [1.54, 1.807) is 24.3 Å². The summed E-state index contributed by atoms with van der Waals surface area (Å²) in [6, 6.07) is 8.45. The van der Waals surface area contributed by atoms with Crippen LogP contribution in [0, 0.1) is 0 Å². The van der Waals surface area contributed by atoms with Gasteiger partial charge < -0.3 is 14.6 Å². The standard InChI is InChI=1S/C14H12ClNO4/c15-11-2-1-3-12(7-11)19-4-5-20-13-6-10(14(17)18)8-16-9-13/h1-3,6-9H,4-5H2,(H,17,18). The molecule has 0 aliphatic carbocycles. The van der Waals surface area contributed by atoms with Crippen molar-refractivity contribution in [1.82, 2.24) is 4.98 Å². The van der Waals surface area contributed by atoms with E-state index in [4.69, 9.17) is 26.2 Å². The van der Waals surface area contributed by atoms with Gasteiger partial charge in [-0.3, -0.25) is 4.98 Å². The summed E-state index contributed by atoms with van der Waals surface area (Å²) in [5, 5.41) is 9.42. The average molecular weight is 294 g/mol. The molecular formula is C14H12ClNO4. The van der Waals surface area contributed by atoms with Crippen LogP contribution in [0.4, 0.5) is 0 Å². The first-order chi connectivity index (χ1) is 9.65. The maximum Gasteiger partial charge on any atom is 0.337 e. The van der Waals surface area contributed by atoms with Gasteiger partial charge in [0.25, 0.3) is 0 Å². The monoisotopic (exact) mass is 293 g/mol. The normalized spacial score (nSPS) is 10.1. The van der Waals surface area contributed by atoms with Crippen molar-refractivity contribution in [2.24, 2.45) is 0 Å². The molecule has 1 N–H and O–H groups in total. The van der Waals surface area contributed by atoms with Gasteiger partial charge in [-0.1, -0.05) is 17.7 Å². The Morgan fingerprint density at radius 3 is 2.60 bits per heavy atom. The molecule has 0 spiro atoms. The molecule has 0 atom stereocenters. The Morgan fingerprint density at radius 1 is 1.15 bits per heavy atom. The maximum absolute atomic E-state index is 10.8. The topological polar surface area (TPSA) is 68.7 Å². The summed E-state index contributed by atoms with van der Waals surface area (Å²) in [7, 11) is 0. The summed E-state index contributed by atoms with van der Waals surface area (Å²) >= 11 is 5.83. The zero-order chi connectivity index (χ0) is 14.4. The second-order valence-corrected chi connectivity index (χ2v) is 4.31. The van der Waals surface area contributed by atoms with Crippen LogP contribution in [0.15, 0.2) is 42.7 Å². The Hall–Kier alpha value is -2.27. The summed E-state index contributed by atoms with van der Waals surface area (Å²) in [4.78, 5) is 14.6. The van der Waals surface area contributed by atoms with E-state index in [1.807, 2.05) is 0 Å². The third-order valence-corrected chi connectivity index (χ3v) is 2.61. The number of carboxylic acids is 1. The number of aromatic nitrogens is 1. The van der Waals surface area contributed by atoms with Crippen LogP contribution in [-0.2, 0) is 0 Å². The Morgan fingerprint density at radius 2 is 1.90 bits per heavy atom. The number of carbonyl (C=O) groups is 1. The van der Waals surface area contributed by atoms with Gasteiger partial charge in [0.15, 0.2) is 0 Å². The van der Waals surface area contributed by atoms with Crippen LogP contribution < -0.4 is 9.47 Å². The summed E-state index contributed by atoms with van der Waals surface area (Å²) < 4.78 is 10.8.